The molecule has 7 heteroatoms. The van der Waals surface area contributed by atoms with Gasteiger partial charge >= 0.3 is 0 Å². The minimum absolute atomic E-state index is 0.00589. The number of anilines is 1. The molecule has 0 aliphatic carbocycles. The molecule has 2 unspecified atom stereocenters. The smallest absolute Gasteiger partial charge is 0.241 e. The van der Waals surface area contributed by atoms with Crippen LogP contribution in [0, 0.1) is 6.92 Å². The molecule has 2 saturated heterocycles. The van der Waals surface area contributed by atoms with Crippen molar-refractivity contribution in [1.82, 2.24) is 4.90 Å². The molecule has 132 valence electrons. The van der Waals surface area contributed by atoms with Crippen LogP contribution >= 0.6 is 0 Å². The second-order valence-electron chi connectivity index (χ2n) is 6.80. The van der Waals surface area contributed by atoms with Crippen LogP contribution in [0.3, 0.4) is 0 Å². The van der Waals surface area contributed by atoms with Gasteiger partial charge in [-0.3, -0.25) is 9.69 Å². The maximum Gasteiger partial charge on any atom is 0.241 e. The van der Waals surface area contributed by atoms with Gasteiger partial charge in [-0.15, -0.1) is 0 Å². The van der Waals surface area contributed by atoms with Gasteiger partial charge in [-0.05, 0) is 31.2 Å². The zero-order valence-corrected chi connectivity index (χ0v) is 14.8. The summed E-state index contributed by atoms with van der Waals surface area (Å²) in [6, 6.07) is 10.7. The molecule has 2 atom stereocenters. The number of sulfone groups is 1. The third kappa shape index (κ3) is 3.09. The summed E-state index contributed by atoms with van der Waals surface area (Å²) < 4.78 is 30.0. The summed E-state index contributed by atoms with van der Waals surface area (Å²) in [7, 11) is -3.18. The number of furan rings is 1. The number of rotatable bonds is 3. The monoisotopic (exact) mass is 360 g/mol. The number of fused-ring (bicyclic) bond motifs is 1. The Hall–Kier alpha value is -2.12. The predicted octanol–water partition coefficient (Wildman–Crippen LogP) is 1.60. The quantitative estimate of drug-likeness (QED) is 0.832. The minimum atomic E-state index is -3.18. The lowest BCUT2D eigenvalue weighted by atomic mass is 10.0. The summed E-state index contributed by atoms with van der Waals surface area (Å²) in [6.07, 6.45) is 1.59. The molecule has 2 aromatic rings. The molecule has 1 aromatic heterocycles. The van der Waals surface area contributed by atoms with Gasteiger partial charge in [-0.25, -0.2) is 8.42 Å². The molecule has 0 spiro atoms. The maximum atomic E-state index is 12.8. The average molecular weight is 360 g/mol. The van der Waals surface area contributed by atoms with Crippen molar-refractivity contribution in [3.8, 4) is 0 Å². The Labute approximate surface area is 146 Å². The van der Waals surface area contributed by atoms with E-state index in [0.717, 1.165) is 17.0 Å². The molecule has 2 fully saturated rings. The predicted molar refractivity (Wildman–Crippen MR) is 94.0 cm³/mol. The van der Waals surface area contributed by atoms with Crippen molar-refractivity contribution in [2.24, 2.45) is 0 Å². The summed E-state index contributed by atoms with van der Waals surface area (Å²) in [5.74, 6) is 0.744. The molecule has 2 aliphatic rings. The van der Waals surface area contributed by atoms with E-state index in [2.05, 4.69) is 0 Å². The van der Waals surface area contributed by atoms with Crippen LogP contribution in [-0.2, 0) is 21.2 Å². The summed E-state index contributed by atoms with van der Waals surface area (Å²) in [4.78, 5) is 16.4. The van der Waals surface area contributed by atoms with E-state index in [-0.39, 0.29) is 36.0 Å². The lowest BCUT2D eigenvalue weighted by molar-refractivity contribution is -0.123. The van der Waals surface area contributed by atoms with Crippen LogP contribution in [-0.4, -0.2) is 49.4 Å². The number of hydrogen-bond donors (Lipinski definition) is 0. The molecule has 0 saturated carbocycles. The molecule has 0 N–H and O–H groups in total. The van der Waals surface area contributed by atoms with Crippen molar-refractivity contribution in [2.75, 3.05) is 23.0 Å². The van der Waals surface area contributed by atoms with E-state index < -0.39 is 9.84 Å². The Morgan fingerprint density at radius 1 is 1.12 bits per heavy atom. The number of hydrogen-bond acceptors (Lipinski definition) is 5. The lowest BCUT2D eigenvalue weighted by Crippen LogP contribution is -2.61. The number of piperazine rings is 1. The molecular weight excluding hydrogens is 340 g/mol. The van der Waals surface area contributed by atoms with Crippen molar-refractivity contribution < 1.29 is 17.6 Å². The Kier molecular flexibility index (Phi) is 3.92. The Morgan fingerprint density at radius 2 is 1.84 bits per heavy atom. The third-order valence-electron chi connectivity index (χ3n) is 4.95. The second kappa shape index (κ2) is 6.00. The summed E-state index contributed by atoms with van der Waals surface area (Å²) in [5, 5.41) is 0. The zero-order valence-electron chi connectivity index (χ0n) is 14.0. The highest BCUT2D eigenvalue weighted by Gasteiger charge is 2.49. The minimum Gasteiger partial charge on any atom is -0.468 e. The van der Waals surface area contributed by atoms with Crippen LogP contribution in [0.1, 0.15) is 11.3 Å². The molecule has 4 rings (SSSR count). The first kappa shape index (κ1) is 16.4. The van der Waals surface area contributed by atoms with E-state index in [1.54, 1.807) is 17.2 Å². The van der Waals surface area contributed by atoms with Crippen molar-refractivity contribution in [3.63, 3.8) is 0 Å². The number of benzene rings is 1. The van der Waals surface area contributed by atoms with Crippen LogP contribution in [0.5, 0.6) is 0 Å². The highest BCUT2D eigenvalue weighted by molar-refractivity contribution is 7.91. The van der Waals surface area contributed by atoms with Crippen molar-refractivity contribution in [1.29, 1.82) is 0 Å². The van der Waals surface area contributed by atoms with Crippen molar-refractivity contribution in [2.45, 2.75) is 25.6 Å². The van der Waals surface area contributed by atoms with Gasteiger partial charge in [0.1, 0.15) is 5.76 Å². The first-order chi connectivity index (χ1) is 11.9. The fourth-order valence-electron chi connectivity index (χ4n) is 3.77. The van der Waals surface area contributed by atoms with Gasteiger partial charge in [0.15, 0.2) is 9.84 Å². The van der Waals surface area contributed by atoms with Gasteiger partial charge in [-0.2, -0.15) is 0 Å². The number of carbonyl (C=O) groups excluding carboxylic acids is 1. The molecule has 1 aromatic carbocycles. The van der Waals surface area contributed by atoms with E-state index in [9.17, 15) is 13.2 Å². The van der Waals surface area contributed by atoms with Gasteiger partial charge in [0.25, 0.3) is 0 Å². The summed E-state index contributed by atoms with van der Waals surface area (Å²) in [6.45, 7) is 2.61. The van der Waals surface area contributed by atoms with E-state index in [1.165, 1.54) is 0 Å². The van der Waals surface area contributed by atoms with E-state index >= 15 is 0 Å². The van der Waals surface area contributed by atoms with Crippen molar-refractivity contribution in [3.05, 3.63) is 54.0 Å². The Bertz CT molecular complexity index is 874. The first-order valence-corrected chi connectivity index (χ1v) is 10.1. The van der Waals surface area contributed by atoms with Crippen LogP contribution in [0.2, 0.25) is 0 Å². The fraction of sp³-hybridized carbons (Fsp3) is 0.389. The van der Waals surface area contributed by atoms with Crippen LogP contribution in [0.4, 0.5) is 5.69 Å². The van der Waals surface area contributed by atoms with Gasteiger partial charge in [0, 0.05) is 11.7 Å². The molecule has 25 heavy (non-hydrogen) atoms. The highest BCUT2D eigenvalue weighted by atomic mass is 32.2. The van der Waals surface area contributed by atoms with Crippen LogP contribution in [0.25, 0.3) is 0 Å². The zero-order chi connectivity index (χ0) is 17.6. The first-order valence-electron chi connectivity index (χ1n) is 8.28. The third-order valence-corrected chi connectivity index (χ3v) is 6.65. The van der Waals surface area contributed by atoms with E-state index in [1.807, 2.05) is 42.2 Å². The molecule has 2 aliphatic heterocycles. The van der Waals surface area contributed by atoms with Gasteiger partial charge in [0.2, 0.25) is 5.91 Å². The molecule has 6 nitrogen and oxygen atoms in total. The lowest BCUT2D eigenvalue weighted by Gasteiger charge is -2.43. The topological polar surface area (TPSA) is 70.8 Å². The largest absolute Gasteiger partial charge is 0.468 e. The molecular formula is C18H20N2O4S. The van der Waals surface area contributed by atoms with Gasteiger partial charge in [0.05, 0.1) is 36.9 Å². The maximum absolute atomic E-state index is 12.8. The standard InChI is InChI=1S/C18H20N2O4S/c1-13-4-6-14(7-5-13)20-17-12-25(22,23)11-16(17)19(10-18(20)21)9-15-3-2-8-24-15/h2-8,16-17H,9-12H2,1H3. The fourth-order valence-corrected chi connectivity index (χ4v) is 5.76. The van der Waals surface area contributed by atoms with Crippen LogP contribution < -0.4 is 4.90 Å². The summed E-state index contributed by atoms with van der Waals surface area (Å²) in [5.41, 5.74) is 1.86. The van der Waals surface area contributed by atoms with Gasteiger partial charge in [-0.1, -0.05) is 17.7 Å². The van der Waals surface area contributed by atoms with Crippen LogP contribution in [0.15, 0.2) is 47.1 Å². The SMILES string of the molecule is Cc1ccc(N2C(=O)CN(Cc3ccco3)C3CS(=O)(=O)CC32)cc1. The van der Waals surface area contributed by atoms with E-state index in [0.29, 0.717) is 6.54 Å². The highest BCUT2D eigenvalue weighted by Crippen LogP contribution is 2.32. The normalized spacial score (nSPS) is 26.0. The number of carbonyl (C=O) groups is 1. The Balaban J connectivity index is 1.68. The molecule has 0 radical (unpaired) electrons. The number of nitrogens with zero attached hydrogens (tertiary/aromatic N) is 2. The average Bonchev–Trinajstić information content (AvgIpc) is 3.16. The molecule has 1 amide bonds. The second-order valence-corrected chi connectivity index (χ2v) is 8.95. The number of aryl methyl sites for hydroxylation is 1. The number of amides is 1. The molecule has 0 bridgehead atoms. The van der Waals surface area contributed by atoms with Gasteiger partial charge < -0.3 is 9.32 Å². The Morgan fingerprint density at radius 3 is 2.52 bits per heavy atom. The summed E-state index contributed by atoms with van der Waals surface area (Å²) >= 11 is 0. The van der Waals surface area contributed by atoms with E-state index in [4.69, 9.17) is 4.42 Å². The van der Waals surface area contributed by atoms with Crippen molar-refractivity contribution >= 4 is 21.4 Å². The molecule has 3 heterocycles.